The Balaban J connectivity index is 1.66. The summed E-state index contributed by atoms with van der Waals surface area (Å²) in [6, 6.07) is 9.33. The van der Waals surface area contributed by atoms with Crippen molar-refractivity contribution < 1.29 is 23.9 Å². The summed E-state index contributed by atoms with van der Waals surface area (Å²) < 4.78 is 10.8. The Bertz CT molecular complexity index is 734. The monoisotopic (exact) mass is 374 g/mol. The number of carbonyl (C=O) groups excluding carboxylic acids is 3. The SMILES string of the molecule is CN1CC(=O)C(C(=O)OCc2ccccc2)C12CN(C(=O)OC(C)(C)C)C2. The van der Waals surface area contributed by atoms with E-state index in [2.05, 4.69) is 0 Å². The maximum Gasteiger partial charge on any atom is 0.410 e. The van der Waals surface area contributed by atoms with Crippen LogP contribution >= 0.6 is 0 Å². The molecule has 2 heterocycles. The zero-order valence-electron chi connectivity index (χ0n) is 16.2. The minimum absolute atomic E-state index is 0.124. The second-order valence-electron chi connectivity index (χ2n) is 8.29. The Morgan fingerprint density at radius 2 is 1.81 bits per heavy atom. The molecular weight excluding hydrogens is 348 g/mol. The van der Waals surface area contributed by atoms with E-state index < -0.39 is 29.1 Å². The van der Waals surface area contributed by atoms with Gasteiger partial charge in [0, 0.05) is 13.1 Å². The van der Waals surface area contributed by atoms with Gasteiger partial charge in [0.15, 0.2) is 5.78 Å². The molecule has 0 radical (unpaired) electrons. The molecule has 3 rings (SSSR count). The normalized spacial score (nSPS) is 21.9. The Morgan fingerprint density at radius 3 is 2.41 bits per heavy atom. The van der Waals surface area contributed by atoms with E-state index in [1.54, 1.807) is 27.8 Å². The first-order valence-electron chi connectivity index (χ1n) is 9.05. The van der Waals surface area contributed by atoms with Crippen LogP contribution in [0.15, 0.2) is 30.3 Å². The number of rotatable bonds is 3. The summed E-state index contributed by atoms with van der Waals surface area (Å²) >= 11 is 0. The number of esters is 1. The van der Waals surface area contributed by atoms with E-state index in [-0.39, 0.29) is 32.0 Å². The fourth-order valence-corrected chi connectivity index (χ4v) is 3.66. The first-order chi connectivity index (χ1) is 12.6. The van der Waals surface area contributed by atoms with E-state index in [1.807, 2.05) is 35.2 Å². The van der Waals surface area contributed by atoms with Gasteiger partial charge in [-0.1, -0.05) is 30.3 Å². The van der Waals surface area contributed by atoms with E-state index in [1.165, 1.54) is 4.90 Å². The molecule has 1 amide bonds. The summed E-state index contributed by atoms with van der Waals surface area (Å²) in [5, 5.41) is 0. The minimum atomic E-state index is -0.884. The molecule has 1 atom stereocenters. The number of Topliss-reactive ketones (excluding diaryl/α,β-unsaturated/α-hetero) is 1. The quantitative estimate of drug-likeness (QED) is 0.594. The first-order valence-corrected chi connectivity index (χ1v) is 9.05. The summed E-state index contributed by atoms with van der Waals surface area (Å²) in [6.45, 7) is 6.25. The molecular formula is C20H26N2O5. The first kappa shape index (κ1) is 19.4. The molecule has 7 heteroatoms. The lowest BCUT2D eigenvalue weighted by Gasteiger charge is -2.52. The lowest BCUT2D eigenvalue weighted by atomic mass is 9.78. The number of amides is 1. The van der Waals surface area contributed by atoms with E-state index in [9.17, 15) is 14.4 Å². The van der Waals surface area contributed by atoms with Gasteiger partial charge in [-0.2, -0.15) is 0 Å². The number of benzene rings is 1. The molecule has 1 aromatic carbocycles. The number of hydrogen-bond donors (Lipinski definition) is 0. The third kappa shape index (κ3) is 3.83. The van der Waals surface area contributed by atoms with E-state index in [0.717, 1.165) is 5.56 Å². The highest BCUT2D eigenvalue weighted by atomic mass is 16.6. The number of carbonyl (C=O) groups is 3. The second kappa shape index (κ2) is 6.96. The molecule has 7 nitrogen and oxygen atoms in total. The van der Waals surface area contributed by atoms with Crippen LogP contribution in [0, 0.1) is 5.92 Å². The Kier molecular flexibility index (Phi) is 4.99. The fraction of sp³-hybridized carbons (Fsp3) is 0.550. The highest BCUT2D eigenvalue weighted by molar-refractivity contribution is 6.04. The Labute approximate surface area is 159 Å². The van der Waals surface area contributed by atoms with Gasteiger partial charge < -0.3 is 14.4 Å². The molecule has 0 bridgehead atoms. The number of likely N-dealkylation sites (N-methyl/N-ethyl adjacent to an activating group) is 1. The molecule has 0 aromatic heterocycles. The number of nitrogens with zero attached hydrogens (tertiary/aromatic N) is 2. The molecule has 2 saturated heterocycles. The number of ether oxygens (including phenoxy) is 2. The third-order valence-corrected chi connectivity index (χ3v) is 5.05. The summed E-state index contributed by atoms with van der Waals surface area (Å²) in [4.78, 5) is 40.8. The maximum absolute atomic E-state index is 12.7. The highest BCUT2D eigenvalue weighted by Crippen LogP contribution is 2.41. The van der Waals surface area contributed by atoms with Crippen LogP contribution < -0.4 is 0 Å². The van der Waals surface area contributed by atoms with Gasteiger partial charge in [0.05, 0.1) is 12.1 Å². The molecule has 0 aliphatic carbocycles. The lowest BCUT2D eigenvalue weighted by molar-refractivity contribution is -0.160. The third-order valence-electron chi connectivity index (χ3n) is 5.05. The maximum atomic E-state index is 12.7. The Hall–Kier alpha value is -2.41. The van der Waals surface area contributed by atoms with Gasteiger partial charge in [-0.25, -0.2) is 4.79 Å². The van der Waals surface area contributed by atoms with Gasteiger partial charge in [-0.05, 0) is 33.4 Å². The fourth-order valence-electron chi connectivity index (χ4n) is 3.66. The molecule has 1 spiro atoms. The second-order valence-corrected chi connectivity index (χ2v) is 8.29. The van der Waals surface area contributed by atoms with Gasteiger partial charge >= 0.3 is 12.1 Å². The molecule has 1 unspecified atom stereocenters. The van der Waals surface area contributed by atoms with Gasteiger partial charge in [-0.3, -0.25) is 14.5 Å². The van der Waals surface area contributed by atoms with Crippen molar-refractivity contribution in [2.24, 2.45) is 5.92 Å². The van der Waals surface area contributed by atoms with Crippen molar-refractivity contribution in [3.8, 4) is 0 Å². The molecule has 0 saturated carbocycles. The van der Waals surface area contributed by atoms with Crippen LogP contribution in [0.1, 0.15) is 26.3 Å². The molecule has 2 aliphatic rings. The van der Waals surface area contributed by atoms with Crippen molar-refractivity contribution in [2.75, 3.05) is 26.7 Å². The van der Waals surface area contributed by atoms with Crippen LogP contribution in [-0.4, -0.2) is 65.5 Å². The molecule has 27 heavy (non-hydrogen) atoms. The van der Waals surface area contributed by atoms with Gasteiger partial charge in [0.2, 0.25) is 0 Å². The van der Waals surface area contributed by atoms with Crippen LogP contribution in [0.4, 0.5) is 4.79 Å². The van der Waals surface area contributed by atoms with Gasteiger partial charge in [-0.15, -0.1) is 0 Å². The van der Waals surface area contributed by atoms with Crippen LogP contribution in [-0.2, 0) is 25.7 Å². The number of likely N-dealkylation sites (tertiary alicyclic amines) is 2. The van der Waals surface area contributed by atoms with E-state index >= 15 is 0 Å². The standard InChI is InChI=1S/C20H26N2O5/c1-19(2,3)27-18(25)22-12-20(13-22)16(15(23)10-21(20)4)17(24)26-11-14-8-6-5-7-9-14/h5-9,16H,10-13H2,1-4H3. The van der Waals surface area contributed by atoms with Crippen molar-refractivity contribution in [1.29, 1.82) is 0 Å². The summed E-state index contributed by atoms with van der Waals surface area (Å²) in [6.07, 6.45) is -0.433. The van der Waals surface area contributed by atoms with Gasteiger partial charge in [0.25, 0.3) is 0 Å². The van der Waals surface area contributed by atoms with Crippen LogP contribution in [0.2, 0.25) is 0 Å². The number of hydrogen-bond acceptors (Lipinski definition) is 6. The summed E-state index contributed by atoms with van der Waals surface area (Å²) in [7, 11) is 1.80. The topological polar surface area (TPSA) is 76.2 Å². The van der Waals surface area contributed by atoms with Crippen LogP contribution in [0.25, 0.3) is 0 Å². The molecule has 2 fully saturated rings. The molecule has 1 aromatic rings. The predicted molar refractivity (Wildman–Crippen MR) is 97.9 cm³/mol. The predicted octanol–water partition coefficient (Wildman–Crippen LogP) is 1.85. The van der Waals surface area contributed by atoms with Crippen LogP contribution in [0.3, 0.4) is 0 Å². The molecule has 0 N–H and O–H groups in total. The molecule has 146 valence electrons. The van der Waals surface area contributed by atoms with Crippen molar-refractivity contribution >= 4 is 17.8 Å². The number of ketones is 1. The van der Waals surface area contributed by atoms with Crippen molar-refractivity contribution in [2.45, 2.75) is 38.5 Å². The highest BCUT2D eigenvalue weighted by Gasteiger charge is 2.63. The van der Waals surface area contributed by atoms with E-state index in [0.29, 0.717) is 0 Å². The van der Waals surface area contributed by atoms with Crippen molar-refractivity contribution in [3.63, 3.8) is 0 Å². The van der Waals surface area contributed by atoms with Crippen molar-refractivity contribution in [1.82, 2.24) is 9.80 Å². The van der Waals surface area contributed by atoms with Crippen LogP contribution in [0.5, 0.6) is 0 Å². The molecule has 2 aliphatic heterocycles. The zero-order valence-corrected chi connectivity index (χ0v) is 16.2. The van der Waals surface area contributed by atoms with Gasteiger partial charge in [0.1, 0.15) is 18.1 Å². The zero-order chi connectivity index (χ0) is 19.8. The van der Waals surface area contributed by atoms with E-state index in [4.69, 9.17) is 9.47 Å². The minimum Gasteiger partial charge on any atom is -0.460 e. The summed E-state index contributed by atoms with van der Waals surface area (Å²) in [5.41, 5.74) is -0.435. The van der Waals surface area contributed by atoms with Crippen molar-refractivity contribution in [3.05, 3.63) is 35.9 Å². The Morgan fingerprint density at radius 1 is 1.19 bits per heavy atom. The smallest absolute Gasteiger partial charge is 0.410 e. The average molecular weight is 374 g/mol. The average Bonchev–Trinajstić information content (AvgIpc) is 2.81. The summed E-state index contributed by atoms with van der Waals surface area (Å²) in [5.74, 6) is -1.58. The lowest BCUT2D eigenvalue weighted by Crippen LogP contribution is -2.72. The largest absolute Gasteiger partial charge is 0.460 e.